The lowest BCUT2D eigenvalue weighted by Gasteiger charge is -2.16. The summed E-state index contributed by atoms with van der Waals surface area (Å²) in [4.78, 5) is 16.4. The van der Waals surface area contributed by atoms with Crippen LogP contribution in [0.5, 0.6) is 0 Å². The first-order valence-electron chi connectivity index (χ1n) is 5.77. The molecule has 0 spiro atoms. The van der Waals surface area contributed by atoms with Gasteiger partial charge in [-0.05, 0) is 30.0 Å². The molecule has 0 bridgehead atoms. The molecule has 0 heterocycles. The van der Waals surface area contributed by atoms with E-state index in [2.05, 4.69) is 25.2 Å². The van der Waals surface area contributed by atoms with Gasteiger partial charge in [-0.15, -0.1) is 0 Å². The van der Waals surface area contributed by atoms with Crippen molar-refractivity contribution in [2.75, 3.05) is 19.5 Å². The first-order valence-corrected chi connectivity index (χ1v) is 5.77. The Hall–Kier alpha value is -1.55. The summed E-state index contributed by atoms with van der Waals surface area (Å²) in [6.07, 6.45) is 1.08. The van der Waals surface area contributed by atoms with Crippen molar-refractivity contribution in [1.29, 1.82) is 0 Å². The van der Waals surface area contributed by atoms with Gasteiger partial charge in [-0.2, -0.15) is 0 Å². The smallest absolute Gasteiger partial charge is 0.306 e. The maximum atomic E-state index is 11.6. The zero-order valence-electron chi connectivity index (χ0n) is 10.9. The summed E-state index contributed by atoms with van der Waals surface area (Å²) in [7, 11) is 3.02. The highest BCUT2D eigenvalue weighted by molar-refractivity contribution is 5.88. The monoisotopic (exact) mass is 236 g/mol. The lowest BCUT2D eigenvalue weighted by atomic mass is 9.98. The Kier molecular flexibility index (Phi) is 4.97. The second-order valence-electron chi connectivity index (χ2n) is 4.04. The highest BCUT2D eigenvalue weighted by Crippen LogP contribution is 2.21. The van der Waals surface area contributed by atoms with Gasteiger partial charge in [0.1, 0.15) is 0 Å². The average molecular weight is 236 g/mol. The van der Waals surface area contributed by atoms with Crippen molar-refractivity contribution < 1.29 is 9.63 Å². The van der Waals surface area contributed by atoms with E-state index < -0.39 is 0 Å². The predicted octanol–water partition coefficient (Wildman–Crippen LogP) is 3.23. The Morgan fingerprint density at radius 1 is 1.53 bits per heavy atom. The largest absolute Gasteiger partial charge is 0.345 e. The number of anilines is 1. The minimum atomic E-state index is -0.284. The van der Waals surface area contributed by atoms with E-state index in [4.69, 9.17) is 4.84 Å². The molecular formula is C13H20N2O2. The molecule has 1 aromatic rings. The van der Waals surface area contributed by atoms with E-state index in [1.807, 2.05) is 18.2 Å². The molecule has 4 heteroatoms. The fraction of sp³-hybridized carbons (Fsp3) is 0.462. The van der Waals surface area contributed by atoms with Crippen molar-refractivity contribution >= 4 is 11.7 Å². The van der Waals surface area contributed by atoms with Crippen LogP contribution in [0.15, 0.2) is 24.3 Å². The number of carbonyl (C=O) groups is 1. The molecule has 1 rings (SSSR count). The van der Waals surface area contributed by atoms with Gasteiger partial charge < -0.3 is 5.32 Å². The van der Waals surface area contributed by atoms with E-state index in [0.717, 1.165) is 17.2 Å². The molecule has 0 aliphatic carbocycles. The van der Waals surface area contributed by atoms with Crippen LogP contribution in [0.25, 0.3) is 0 Å². The molecule has 4 nitrogen and oxygen atoms in total. The summed E-state index contributed by atoms with van der Waals surface area (Å²) in [5, 5.41) is 3.92. The Balaban J connectivity index is 2.75. The van der Waals surface area contributed by atoms with Crippen molar-refractivity contribution in [3.05, 3.63) is 29.8 Å². The van der Waals surface area contributed by atoms with Crippen LogP contribution in [-0.2, 0) is 4.84 Å². The van der Waals surface area contributed by atoms with Crippen LogP contribution in [0.2, 0.25) is 0 Å². The molecule has 17 heavy (non-hydrogen) atoms. The maximum absolute atomic E-state index is 11.6. The van der Waals surface area contributed by atoms with Gasteiger partial charge in [-0.1, -0.05) is 26.0 Å². The summed E-state index contributed by atoms with van der Waals surface area (Å²) in [6.45, 7) is 4.32. The molecule has 1 N–H and O–H groups in total. The van der Waals surface area contributed by atoms with Crippen molar-refractivity contribution in [3.8, 4) is 0 Å². The van der Waals surface area contributed by atoms with Gasteiger partial charge >= 0.3 is 6.03 Å². The van der Waals surface area contributed by atoms with E-state index >= 15 is 0 Å². The Morgan fingerprint density at radius 3 is 2.82 bits per heavy atom. The molecule has 0 aromatic heterocycles. The number of amides is 2. The highest BCUT2D eigenvalue weighted by atomic mass is 16.7. The third-order valence-corrected chi connectivity index (χ3v) is 2.88. The van der Waals surface area contributed by atoms with E-state index in [-0.39, 0.29) is 6.03 Å². The molecule has 0 aliphatic rings. The SMILES string of the molecule is CCC(C)c1cccc(NC(=O)N(C)OC)c1. The molecule has 94 valence electrons. The molecule has 2 amide bonds. The van der Waals surface area contributed by atoms with Crippen molar-refractivity contribution in [1.82, 2.24) is 5.06 Å². The standard InChI is InChI=1S/C13H20N2O2/c1-5-10(2)11-7-6-8-12(9-11)14-13(16)15(3)17-4/h6-10H,5H2,1-4H3,(H,14,16). The number of urea groups is 1. The van der Waals surface area contributed by atoms with Crippen LogP contribution in [0, 0.1) is 0 Å². The molecule has 0 saturated carbocycles. The minimum Gasteiger partial charge on any atom is -0.306 e. The maximum Gasteiger partial charge on any atom is 0.345 e. The van der Waals surface area contributed by atoms with Crippen LogP contribution < -0.4 is 5.32 Å². The first kappa shape index (κ1) is 13.5. The van der Waals surface area contributed by atoms with E-state index in [9.17, 15) is 4.79 Å². The normalized spacial score (nSPS) is 12.0. The van der Waals surface area contributed by atoms with Gasteiger partial charge in [-0.25, -0.2) is 9.86 Å². The zero-order chi connectivity index (χ0) is 12.8. The number of nitrogens with one attached hydrogen (secondary N) is 1. The van der Waals surface area contributed by atoms with Crippen LogP contribution in [0.3, 0.4) is 0 Å². The number of hydrogen-bond donors (Lipinski definition) is 1. The minimum absolute atomic E-state index is 0.284. The van der Waals surface area contributed by atoms with Gasteiger partial charge in [0.2, 0.25) is 0 Å². The predicted molar refractivity (Wildman–Crippen MR) is 68.9 cm³/mol. The fourth-order valence-corrected chi connectivity index (χ4v) is 1.44. The molecule has 1 unspecified atom stereocenters. The van der Waals surface area contributed by atoms with Crippen molar-refractivity contribution in [2.24, 2.45) is 0 Å². The molecule has 0 saturated heterocycles. The number of nitrogens with zero attached hydrogens (tertiary/aromatic N) is 1. The number of carbonyl (C=O) groups excluding carboxylic acids is 1. The summed E-state index contributed by atoms with van der Waals surface area (Å²) >= 11 is 0. The van der Waals surface area contributed by atoms with E-state index in [1.54, 1.807) is 7.05 Å². The first-order chi connectivity index (χ1) is 8.08. The lowest BCUT2D eigenvalue weighted by molar-refractivity contribution is -0.0598. The summed E-state index contributed by atoms with van der Waals surface area (Å²) in [5.74, 6) is 0.493. The van der Waals surface area contributed by atoms with E-state index in [1.165, 1.54) is 12.7 Å². The highest BCUT2D eigenvalue weighted by Gasteiger charge is 2.09. The van der Waals surface area contributed by atoms with E-state index in [0.29, 0.717) is 5.92 Å². The Labute approximate surface area is 103 Å². The third kappa shape index (κ3) is 3.75. The van der Waals surface area contributed by atoms with Crippen molar-refractivity contribution in [2.45, 2.75) is 26.2 Å². The summed E-state index contributed by atoms with van der Waals surface area (Å²) in [5.41, 5.74) is 2.02. The molecule has 1 aromatic carbocycles. The molecule has 0 aliphatic heterocycles. The topological polar surface area (TPSA) is 41.6 Å². The number of rotatable bonds is 4. The second kappa shape index (κ2) is 6.25. The van der Waals surface area contributed by atoms with Gasteiger partial charge in [-0.3, -0.25) is 4.84 Å². The number of benzene rings is 1. The summed E-state index contributed by atoms with van der Waals surface area (Å²) < 4.78 is 0. The summed E-state index contributed by atoms with van der Waals surface area (Å²) in [6, 6.07) is 7.60. The van der Waals surface area contributed by atoms with Gasteiger partial charge in [0, 0.05) is 12.7 Å². The third-order valence-electron chi connectivity index (χ3n) is 2.88. The Morgan fingerprint density at radius 2 is 2.24 bits per heavy atom. The fourth-order valence-electron chi connectivity index (χ4n) is 1.44. The quantitative estimate of drug-likeness (QED) is 0.815. The number of hydroxylamine groups is 2. The van der Waals surface area contributed by atoms with Gasteiger partial charge in [0.15, 0.2) is 0 Å². The second-order valence-corrected chi connectivity index (χ2v) is 4.04. The average Bonchev–Trinajstić information content (AvgIpc) is 2.37. The van der Waals surface area contributed by atoms with Gasteiger partial charge in [0.05, 0.1) is 7.11 Å². The van der Waals surface area contributed by atoms with Crippen LogP contribution in [0.4, 0.5) is 10.5 Å². The lowest BCUT2D eigenvalue weighted by Crippen LogP contribution is -2.30. The zero-order valence-corrected chi connectivity index (χ0v) is 10.9. The Bertz CT molecular complexity index is 379. The van der Waals surface area contributed by atoms with Crippen LogP contribution >= 0.6 is 0 Å². The molecular weight excluding hydrogens is 216 g/mol. The number of hydrogen-bond acceptors (Lipinski definition) is 2. The molecule has 1 atom stereocenters. The van der Waals surface area contributed by atoms with Crippen molar-refractivity contribution in [3.63, 3.8) is 0 Å². The van der Waals surface area contributed by atoms with Crippen LogP contribution in [0.1, 0.15) is 31.7 Å². The molecule has 0 radical (unpaired) electrons. The van der Waals surface area contributed by atoms with Gasteiger partial charge in [0.25, 0.3) is 0 Å². The van der Waals surface area contributed by atoms with Crippen LogP contribution in [-0.4, -0.2) is 25.3 Å². The molecule has 0 fully saturated rings.